The molecule has 0 aliphatic rings. The Balaban J connectivity index is 2.20. The number of hydrogen-bond acceptors (Lipinski definition) is 3. The third kappa shape index (κ3) is 4.51. The van der Waals surface area contributed by atoms with Crippen LogP contribution in [0.3, 0.4) is 0 Å². The Morgan fingerprint density at radius 2 is 2.21 bits per heavy atom. The van der Waals surface area contributed by atoms with Gasteiger partial charge in [0.15, 0.2) is 0 Å². The van der Waals surface area contributed by atoms with E-state index in [9.17, 15) is 9.50 Å². The molecule has 0 saturated heterocycles. The van der Waals surface area contributed by atoms with Gasteiger partial charge in [0.25, 0.3) is 0 Å². The normalized spacial score (nSPS) is 14.4. The molecule has 0 bridgehead atoms. The zero-order chi connectivity index (χ0) is 17.7. The van der Waals surface area contributed by atoms with Crippen molar-refractivity contribution < 1.29 is 9.50 Å². The second kappa shape index (κ2) is 8.03. The van der Waals surface area contributed by atoms with Crippen LogP contribution in [0.15, 0.2) is 48.0 Å². The molecule has 1 aromatic carbocycles. The summed E-state index contributed by atoms with van der Waals surface area (Å²) in [6, 6.07) is 4.76. The summed E-state index contributed by atoms with van der Waals surface area (Å²) in [5.41, 5.74) is 0.545. The van der Waals surface area contributed by atoms with E-state index >= 15 is 0 Å². The number of aliphatic hydroxyl groups excluding tert-OH is 1. The maximum Gasteiger partial charge on any atom is 0.137 e. The number of nitrogens with zero attached hydrogens (tertiary/aromatic N) is 3. The molecular formula is C18H23BrFN3O. The molecule has 1 heterocycles. The smallest absolute Gasteiger partial charge is 0.137 e. The Morgan fingerprint density at radius 3 is 2.79 bits per heavy atom. The second-order valence-corrected chi connectivity index (χ2v) is 7.52. The molecule has 0 spiro atoms. The summed E-state index contributed by atoms with van der Waals surface area (Å²) in [5, 5.41) is 15.2. The van der Waals surface area contributed by atoms with Gasteiger partial charge < -0.3 is 5.11 Å². The van der Waals surface area contributed by atoms with E-state index in [2.05, 4.69) is 32.6 Å². The number of halogens is 2. The average Bonchev–Trinajstić information content (AvgIpc) is 3.05. The third-order valence-electron chi connectivity index (χ3n) is 4.25. The first-order valence-electron chi connectivity index (χ1n) is 7.92. The Labute approximate surface area is 150 Å². The first-order chi connectivity index (χ1) is 11.3. The first kappa shape index (κ1) is 18.8. The maximum absolute atomic E-state index is 13.4. The van der Waals surface area contributed by atoms with Gasteiger partial charge in [0.05, 0.1) is 16.6 Å². The summed E-state index contributed by atoms with van der Waals surface area (Å²) in [6.07, 6.45) is 6.42. The van der Waals surface area contributed by atoms with Crippen LogP contribution in [0.25, 0.3) is 0 Å². The van der Waals surface area contributed by atoms with Crippen LogP contribution in [0.1, 0.15) is 38.3 Å². The lowest BCUT2D eigenvalue weighted by Crippen LogP contribution is -2.39. The van der Waals surface area contributed by atoms with Crippen molar-refractivity contribution in [3.05, 3.63) is 59.4 Å². The van der Waals surface area contributed by atoms with Gasteiger partial charge in [-0.3, -0.25) is 0 Å². The van der Waals surface area contributed by atoms with Crippen molar-refractivity contribution in [3.8, 4) is 0 Å². The Morgan fingerprint density at radius 1 is 1.46 bits per heavy atom. The summed E-state index contributed by atoms with van der Waals surface area (Å²) >= 11 is 3.21. The fraction of sp³-hybridized carbons (Fsp3) is 0.444. The summed E-state index contributed by atoms with van der Waals surface area (Å²) < 4.78 is 15.6. The van der Waals surface area contributed by atoms with Crippen molar-refractivity contribution in [3.63, 3.8) is 0 Å². The van der Waals surface area contributed by atoms with Crippen LogP contribution in [-0.2, 0) is 6.42 Å². The van der Waals surface area contributed by atoms with Crippen molar-refractivity contribution in [2.45, 2.75) is 45.3 Å². The lowest BCUT2D eigenvalue weighted by Gasteiger charge is -2.36. The van der Waals surface area contributed by atoms with E-state index in [0.29, 0.717) is 10.9 Å². The second-order valence-electron chi connectivity index (χ2n) is 6.67. The van der Waals surface area contributed by atoms with E-state index in [-0.39, 0.29) is 11.9 Å². The van der Waals surface area contributed by atoms with E-state index < -0.39 is 11.5 Å². The molecule has 4 nitrogen and oxygen atoms in total. The zero-order valence-corrected chi connectivity index (χ0v) is 15.6. The number of benzene rings is 1. The molecule has 2 aromatic rings. The van der Waals surface area contributed by atoms with Crippen molar-refractivity contribution >= 4 is 15.9 Å². The van der Waals surface area contributed by atoms with Gasteiger partial charge in [0, 0.05) is 0 Å². The van der Waals surface area contributed by atoms with E-state index in [4.69, 9.17) is 0 Å². The Hall–Kier alpha value is -1.53. The lowest BCUT2D eigenvalue weighted by atomic mass is 9.76. The molecule has 0 saturated carbocycles. The largest absolute Gasteiger partial charge is 0.390 e. The van der Waals surface area contributed by atoms with Crippen LogP contribution in [0.4, 0.5) is 4.39 Å². The van der Waals surface area contributed by atoms with Crippen LogP contribution >= 0.6 is 15.9 Å². The molecule has 1 aromatic heterocycles. The molecule has 0 aliphatic carbocycles. The van der Waals surface area contributed by atoms with Gasteiger partial charge in [0.2, 0.25) is 0 Å². The van der Waals surface area contributed by atoms with Gasteiger partial charge in [-0.1, -0.05) is 26.0 Å². The van der Waals surface area contributed by atoms with Crippen LogP contribution in [0.2, 0.25) is 0 Å². The van der Waals surface area contributed by atoms with Crippen molar-refractivity contribution in [1.82, 2.24) is 14.8 Å². The highest BCUT2D eigenvalue weighted by Crippen LogP contribution is 2.35. The molecule has 2 unspecified atom stereocenters. The highest BCUT2D eigenvalue weighted by molar-refractivity contribution is 9.10. The summed E-state index contributed by atoms with van der Waals surface area (Å²) in [4.78, 5) is 3.99. The van der Waals surface area contributed by atoms with Crippen LogP contribution in [-0.4, -0.2) is 26.0 Å². The summed E-state index contributed by atoms with van der Waals surface area (Å²) in [7, 11) is 0. The molecule has 2 rings (SSSR count). The lowest BCUT2D eigenvalue weighted by molar-refractivity contribution is -0.000430. The Kier molecular flexibility index (Phi) is 6.29. The van der Waals surface area contributed by atoms with Crippen LogP contribution in [0.5, 0.6) is 0 Å². The number of hydrogen-bond donors (Lipinski definition) is 1. The predicted molar refractivity (Wildman–Crippen MR) is 96.1 cm³/mol. The highest BCUT2D eigenvalue weighted by Gasteiger charge is 2.35. The minimum absolute atomic E-state index is 0.190. The van der Waals surface area contributed by atoms with Gasteiger partial charge in [0.1, 0.15) is 18.5 Å². The fourth-order valence-electron chi connectivity index (χ4n) is 2.91. The quantitative estimate of drug-likeness (QED) is 0.677. The van der Waals surface area contributed by atoms with Gasteiger partial charge in [-0.2, -0.15) is 5.10 Å². The summed E-state index contributed by atoms with van der Waals surface area (Å²) in [6.45, 7) is 7.77. The minimum atomic E-state index is -0.636. The molecule has 6 heteroatoms. The van der Waals surface area contributed by atoms with E-state index in [1.54, 1.807) is 23.1 Å². The van der Waals surface area contributed by atoms with Crippen molar-refractivity contribution in [2.24, 2.45) is 5.41 Å². The van der Waals surface area contributed by atoms with Crippen LogP contribution < -0.4 is 0 Å². The van der Waals surface area contributed by atoms with E-state index in [1.165, 1.54) is 12.4 Å². The average molecular weight is 396 g/mol. The molecule has 2 atom stereocenters. The molecule has 0 fully saturated rings. The Bertz CT molecular complexity index is 673. The third-order valence-corrected chi connectivity index (χ3v) is 4.86. The summed E-state index contributed by atoms with van der Waals surface area (Å²) in [5.74, 6) is -0.288. The first-order valence-corrected chi connectivity index (χ1v) is 8.71. The highest BCUT2D eigenvalue weighted by atomic mass is 79.9. The van der Waals surface area contributed by atoms with Crippen molar-refractivity contribution in [2.75, 3.05) is 0 Å². The van der Waals surface area contributed by atoms with E-state index in [1.807, 2.05) is 19.9 Å². The maximum atomic E-state index is 13.4. The number of rotatable bonds is 8. The molecule has 0 radical (unpaired) electrons. The number of aliphatic hydroxyl groups is 1. The predicted octanol–water partition coefficient (Wildman–Crippen LogP) is 4.32. The standard InChI is InChI=1S/C18H23BrFN3O/c1-4-5-6-16(23-12-21-11-22-23)17(24)18(2,3)10-13-7-8-15(20)14(19)9-13/h4,7-9,11-12,16-17,24H,1,5-6,10H2,2-3H3. The minimum Gasteiger partial charge on any atom is -0.390 e. The SMILES string of the molecule is C=CCCC(C(O)C(C)(C)Cc1ccc(F)c(Br)c1)n1cncn1. The molecule has 24 heavy (non-hydrogen) atoms. The van der Waals surface area contributed by atoms with Gasteiger partial charge in [-0.25, -0.2) is 14.1 Å². The van der Waals surface area contributed by atoms with Crippen molar-refractivity contribution in [1.29, 1.82) is 0 Å². The number of aromatic nitrogens is 3. The topological polar surface area (TPSA) is 50.9 Å². The monoisotopic (exact) mass is 395 g/mol. The molecular weight excluding hydrogens is 373 g/mol. The molecule has 0 amide bonds. The van der Waals surface area contributed by atoms with Gasteiger partial charge >= 0.3 is 0 Å². The zero-order valence-electron chi connectivity index (χ0n) is 14.0. The molecule has 130 valence electrons. The van der Waals surface area contributed by atoms with Gasteiger partial charge in [-0.15, -0.1) is 6.58 Å². The number of allylic oxidation sites excluding steroid dienone is 1. The fourth-order valence-corrected chi connectivity index (χ4v) is 3.34. The van der Waals surface area contributed by atoms with Gasteiger partial charge in [-0.05, 0) is 58.3 Å². The molecule has 1 N–H and O–H groups in total. The molecule has 0 aliphatic heterocycles. The van der Waals surface area contributed by atoms with Crippen LogP contribution in [0, 0.1) is 11.2 Å². The van der Waals surface area contributed by atoms with E-state index in [0.717, 1.165) is 18.4 Å².